The van der Waals surface area contributed by atoms with Crippen LogP contribution in [0.1, 0.15) is 5.56 Å². The van der Waals surface area contributed by atoms with Gasteiger partial charge in [0.1, 0.15) is 18.0 Å². The van der Waals surface area contributed by atoms with Gasteiger partial charge in [0.2, 0.25) is 0 Å². The van der Waals surface area contributed by atoms with E-state index >= 15 is 0 Å². The topological polar surface area (TPSA) is 89.5 Å². The van der Waals surface area contributed by atoms with Crippen molar-refractivity contribution in [1.82, 2.24) is 25.0 Å². The second-order valence-corrected chi connectivity index (χ2v) is 3.77. The van der Waals surface area contributed by atoms with Crippen molar-refractivity contribution >= 4 is 0 Å². The maximum atomic E-state index is 8.94. The number of rotatable bonds is 3. The van der Waals surface area contributed by atoms with E-state index in [0.717, 1.165) is 5.69 Å². The molecule has 0 saturated heterocycles. The minimum atomic E-state index is 0.0841. The van der Waals surface area contributed by atoms with E-state index < -0.39 is 0 Å². The second kappa shape index (κ2) is 5.16. The second-order valence-electron chi connectivity index (χ2n) is 3.77. The van der Waals surface area contributed by atoms with Crippen LogP contribution >= 0.6 is 0 Å². The first-order valence-corrected chi connectivity index (χ1v) is 5.73. The summed E-state index contributed by atoms with van der Waals surface area (Å²) in [6.07, 6.45) is 2.94. The van der Waals surface area contributed by atoms with E-state index in [1.54, 1.807) is 4.68 Å². The first kappa shape index (κ1) is 11.8. The highest BCUT2D eigenvalue weighted by Gasteiger charge is 2.10. The molecule has 0 aliphatic heterocycles. The van der Waals surface area contributed by atoms with Crippen molar-refractivity contribution in [3.8, 4) is 23.6 Å². The quantitative estimate of drug-likeness (QED) is 0.715. The summed E-state index contributed by atoms with van der Waals surface area (Å²) in [5, 5.41) is 20.5. The number of nitrogens with zero attached hydrogens (tertiary/aromatic N) is 6. The summed E-state index contributed by atoms with van der Waals surface area (Å²) >= 11 is 0. The fraction of sp³-hybridized carbons (Fsp3) is 0. The van der Waals surface area contributed by atoms with Gasteiger partial charge in [-0.3, -0.25) is 0 Å². The molecule has 0 aliphatic rings. The Balaban J connectivity index is 1.87. The lowest BCUT2D eigenvalue weighted by Crippen LogP contribution is -1.97. The van der Waals surface area contributed by atoms with Gasteiger partial charge in [0.05, 0.1) is 11.9 Å². The van der Waals surface area contributed by atoms with Crippen molar-refractivity contribution < 1.29 is 4.74 Å². The van der Waals surface area contributed by atoms with Crippen LogP contribution in [0.15, 0.2) is 48.9 Å². The van der Waals surface area contributed by atoms with Gasteiger partial charge in [-0.05, 0) is 18.2 Å². The van der Waals surface area contributed by atoms with Gasteiger partial charge in [0, 0.05) is 0 Å². The number of hydrogen-bond acceptors (Lipinski definition) is 6. The third-order valence-corrected chi connectivity index (χ3v) is 2.49. The summed E-state index contributed by atoms with van der Waals surface area (Å²) in [6, 6.07) is 13.1. The molecule has 1 aromatic carbocycles. The molecule has 0 unspecified atom stereocenters. The van der Waals surface area contributed by atoms with Crippen LogP contribution in [-0.2, 0) is 0 Å². The van der Waals surface area contributed by atoms with Gasteiger partial charge in [0.25, 0.3) is 5.88 Å². The first-order valence-electron chi connectivity index (χ1n) is 5.73. The molecular weight excluding hydrogens is 256 g/mol. The van der Waals surface area contributed by atoms with Gasteiger partial charge in [-0.1, -0.05) is 18.2 Å². The third-order valence-electron chi connectivity index (χ3n) is 2.49. The summed E-state index contributed by atoms with van der Waals surface area (Å²) < 4.78 is 6.93. The number of benzene rings is 1. The van der Waals surface area contributed by atoms with E-state index in [0.29, 0.717) is 0 Å². The molecule has 0 atom stereocenters. The molecule has 96 valence electrons. The number of para-hydroxylation sites is 1. The van der Waals surface area contributed by atoms with Gasteiger partial charge in [-0.15, -0.1) is 10.2 Å². The molecule has 0 bridgehead atoms. The zero-order valence-electron chi connectivity index (χ0n) is 10.2. The molecule has 0 N–H and O–H groups in total. The largest absolute Gasteiger partial charge is 0.401 e. The zero-order chi connectivity index (χ0) is 13.8. The van der Waals surface area contributed by atoms with Crippen LogP contribution in [0.5, 0.6) is 11.9 Å². The maximum absolute atomic E-state index is 8.94. The van der Waals surface area contributed by atoms with Crippen LogP contribution in [0, 0.1) is 11.3 Å². The molecule has 3 rings (SSSR count). The molecule has 20 heavy (non-hydrogen) atoms. The third kappa shape index (κ3) is 2.30. The van der Waals surface area contributed by atoms with Crippen molar-refractivity contribution in [3.63, 3.8) is 0 Å². The van der Waals surface area contributed by atoms with Crippen molar-refractivity contribution in [2.24, 2.45) is 0 Å². The van der Waals surface area contributed by atoms with Gasteiger partial charge in [-0.2, -0.15) is 15.3 Å². The van der Waals surface area contributed by atoms with Crippen LogP contribution in [0.4, 0.5) is 0 Å². The average molecular weight is 264 g/mol. The van der Waals surface area contributed by atoms with E-state index in [2.05, 4.69) is 20.3 Å². The molecule has 2 heterocycles. The summed E-state index contributed by atoms with van der Waals surface area (Å²) in [5.41, 5.74) is 1.13. The number of aromatic nitrogens is 5. The van der Waals surface area contributed by atoms with E-state index in [-0.39, 0.29) is 17.5 Å². The summed E-state index contributed by atoms with van der Waals surface area (Å²) in [6.45, 7) is 0. The fourth-order valence-electron chi connectivity index (χ4n) is 1.57. The molecule has 0 fully saturated rings. The first-order chi connectivity index (χ1) is 9.86. The van der Waals surface area contributed by atoms with Crippen molar-refractivity contribution in [2.45, 2.75) is 0 Å². The van der Waals surface area contributed by atoms with Crippen LogP contribution in [0.25, 0.3) is 5.69 Å². The number of ether oxygens (including phenoxy) is 1. The lowest BCUT2D eigenvalue weighted by atomic mass is 10.3. The fourth-order valence-corrected chi connectivity index (χ4v) is 1.57. The Bertz CT molecular complexity index is 762. The molecule has 7 nitrogen and oxygen atoms in total. The molecule has 3 aromatic rings. The lowest BCUT2D eigenvalue weighted by Gasteiger charge is -2.00. The van der Waals surface area contributed by atoms with Crippen LogP contribution in [0.2, 0.25) is 0 Å². The van der Waals surface area contributed by atoms with E-state index in [9.17, 15) is 0 Å². The normalized spacial score (nSPS) is 9.95. The van der Waals surface area contributed by atoms with Crippen LogP contribution < -0.4 is 4.74 Å². The van der Waals surface area contributed by atoms with E-state index in [4.69, 9.17) is 10.00 Å². The standard InChI is InChI=1S/C13H8N6O/c14-8-10-6-7-16-17-12(10)20-13-15-9-19(18-13)11-4-2-1-3-5-11/h1-7,9H. The Kier molecular flexibility index (Phi) is 3.04. The van der Waals surface area contributed by atoms with Gasteiger partial charge < -0.3 is 4.74 Å². The van der Waals surface area contributed by atoms with Gasteiger partial charge in [0.15, 0.2) is 0 Å². The number of nitriles is 1. The zero-order valence-corrected chi connectivity index (χ0v) is 10.2. The van der Waals surface area contributed by atoms with E-state index in [1.807, 2.05) is 36.4 Å². The van der Waals surface area contributed by atoms with Gasteiger partial charge in [-0.25, -0.2) is 4.68 Å². The average Bonchev–Trinajstić information content (AvgIpc) is 2.97. The highest BCUT2D eigenvalue weighted by atomic mass is 16.5. The Morgan fingerprint density at radius 1 is 1.15 bits per heavy atom. The molecule has 0 amide bonds. The van der Waals surface area contributed by atoms with Crippen LogP contribution in [0.3, 0.4) is 0 Å². The molecule has 0 saturated carbocycles. The molecule has 0 aliphatic carbocycles. The molecular formula is C13H8N6O. The predicted octanol–water partition coefficient (Wildman–Crippen LogP) is 1.72. The summed E-state index contributed by atoms with van der Waals surface area (Å²) in [4.78, 5) is 4.02. The highest BCUT2D eigenvalue weighted by Crippen LogP contribution is 2.18. The Morgan fingerprint density at radius 3 is 2.80 bits per heavy atom. The minimum Gasteiger partial charge on any atom is -0.401 e. The van der Waals surface area contributed by atoms with Crippen molar-refractivity contribution in [1.29, 1.82) is 5.26 Å². The SMILES string of the molecule is N#Cc1ccnnc1Oc1ncn(-c2ccccc2)n1. The Hall–Kier alpha value is -3.27. The highest BCUT2D eigenvalue weighted by molar-refractivity contribution is 5.37. The van der Waals surface area contributed by atoms with Crippen molar-refractivity contribution in [2.75, 3.05) is 0 Å². The number of hydrogen-bond donors (Lipinski definition) is 0. The Labute approximate surface area is 114 Å². The van der Waals surface area contributed by atoms with Gasteiger partial charge >= 0.3 is 6.01 Å². The predicted molar refractivity (Wildman–Crippen MR) is 68.2 cm³/mol. The summed E-state index contributed by atoms with van der Waals surface area (Å²) in [7, 11) is 0. The van der Waals surface area contributed by atoms with E-state index in [1.165, 1.54) is 18.6 Å². The van der Waals surface area contributed by atoms with Crippen LogP contribution in [-0.4, -0.2) is 25.0 Å². The lowest BCUT2D eigenvalue weighted by molar-refractivity contribution is 0.417. The minimum absolute atomic E-state index is 0.0841. The summed E-state index contributed by atoms with van der Waals surface area (Å²) in [5.74, 6) is 0.0841. The monoisotopic (exact) mass is 264 g/mol. The van der Waals surface area contributed by atoms with Crippen molar-refractivity contribution in [3.05, 3.63) is 54.5 Å². The smallest absolute Gasteiger partial charge is 0.342 e. The molecule has 0 spiro atoms. The molecule has 2 aromatic heterocycles. The molecule has 0 radical (unpaired) electrons. The maximum Gasteiger partial charge on any atom is 0.342 e. The molecule has 7 heteroatoms. The Morgan fingerprint density at radius 2 is 2.00 bits per heavy atom.